The highest BCUT2D eigenvalue weighted by Crippen LogP contribution is 2.05. The van der Waals surface area contributed by atoms with E-state index < -0.39 is 0 Å². The van der Waals surface area contributed by atoms with E-state index in [0.717, 1.165) is 32.4 Å². The average Bonchev–Trinajstić information content (AvgIpc) is 2.38. The largest absolute Gasteiger partial charge is 0.352 e. The van der Waals surface area contributed by atoms with Gasteiger partial charge in [0.05, 0.1) is 0 Å². The predicted octanol–water partition coefficient (Wildman–Crippen LogP) is 1.59. The minimum Gasteiger partial charge on any atom is -0.352 e. The van der Waals surface area contributed by atoms with Crippen LogP contribution >= 0.6 is 0 Å². The quantitative estimate of drug-likeness (QED) is 0.302. The second-order valence-electron chi connectivity index (χ2n) is 4.99. The van der Waals surface area contributed by atoms with Crippen LogP contribution in [0.25, 0.3) is 0 Å². The van der Waals surface area contributed by atoms with Gasteiger partial charge in [-0.2, -0.15) is 0 Å². The molecule has 0 aliphatic rings. The first-order valence-electron chi connectivity index (χ1n) is 7.13. The SMILES string of the molecule is C=C/C(=C\CC(C)C)C(=O)NCCCNCCCN. The minimum absolute atomic E-state index is 0.0300. The smallest absolute Gasteiger partial charge is 0.250 e. The molecule has 0 saturated carbocycles. The van der Waals surface area contributed by atoms with Gasteiger partial charge in [-0.05, 0) is 44.8 Å². The number of allylic oxidation sites excluding steroid dienone is 1. The van der Waals surface area contributed by atoms with Gasteiger partial charge in [-0.3, -0.25) is 4.79 Å². The molecular weight excluding hydrogens is 238 g/mol. The van der Waals surface area contributed by atoms with Crippen LogP contribution in [0.2, 0.25) is 0 Å². The second-order valence-corrected chi connectivity index (χ2v) is 4.99. The summed E-state index contributed by atoms with van der Waals surface area (Å²) < 4.78 is 0. The van der Waals surface area contributed by atoms with E-state index in [-0.39, 0.29) is 5.91 Å². The third-order valence-electron chi connectivity index (χ3n) is 2.66. The Balaban J connectivity index is 3.76. The molecule has 0 aromatic carbocycles. The molecule has 0 aliphatic carbocycles. The fourth-order valence-electron chi connectivity index (χ4n) is 1.50. The van der Waals surface area contributed by atoms with Crippen molar-refractivity contribution < 1.29 is 4.79 Å². The molecule has 1 amide bonds. The van der Waals surface area contributed by atoms with Gasteiger partial charge in [-0.1, -0.05) is 32.6 Å². The summed E-state index contributed by atoms with van der Waals surface area (Å²) in [5, 5.41) is 6.18. The van der Waals surface area contributed by atoms with Crippen LogP contribution in [0.3, 0.4) is 0 Å². The summed E-state index contributed by atoms with van der Waals surface area (Å²) in [7, 11) is 0. The number of nitrogens with one attached hydrogen (secondary N) is 2. The third-order valence-corrected chi connectivity index (χ3v) is 2.66. The van der Waals surface area contributed by atoms with Crippen LogP contribution in [0.5, 0.6) is 0 Å². The number of rotatable bonds is 11. The van der Waals surface area contributed by atoms with Crippen molar-refractivity contribution in [2.45, 2.75) is 33.1 Å². The fraction of sp³-hybridized carbons (Fsp3) is 0.667. The Labute approximate surface area is 117 Å². The number of carbonyl (C=O) groups is 1. The normalized spacial score (nSPS) is 11.7. The molecule has 0 saturated heterocycles. The molecule has 4 heteroatoms. The number of amides is 1. The Hall–Kier alpha value is -1.13. The summed E-state index contributed by atoms with van der Waals surface area (Å²) in [6, 6.07) is 0. The Bertz CT molecular complexity index is 285. The highest BCUT2D eigenvalue weighted by atomic mass is 16.1. The number of hydrogen-bond acceptors (Lipinski definition) is 3. The van der Waals surface area contributed by atoms with Crippen LogP contribution in [-0.2, 0) is 4.79 Å². The predicted molar refractivity (Wildman–Crippen MR) is 81.9 cm³/mol. The molecule has 0 spiro atoms. The molecule has 0 rings (SSSR count). The van der Waals surface area contributed by atoms with Gasteiger partial charge >= 0.3 is 0 Å². The maximum atomic E-state index is 11.8. The third kappa shape index (κ3) is 10.5. The zero-order valence-electron chi connectivity index (χ0n) is 12.4. The lowest BCUT2D eigenvalue weighted by Crippen LogP contribution is -2.28. The first-order valence-corrected chi connectivity index (χ1v) is 7.13. The number of hydrogen-bond donors (Lipinski definition) is 3. The van der Waals surface area contributed by atoms with Crippen molar-refractivity contribution in [2.75, 3.05) is 26.2 Å². The molecule has 0 fully saturated rings. The van der Waals surface area contributed by atoms with Crippen molar-refractivity contribution in [1.29, 1.82) is 0 Å². The van der Waals surface area contributed by atoms with Crippen molar-refractivity contribution in [3.05, 3.63) is 24.3 Å². The summed E-state index contributed by atoms with van der Waals surface area (Å²) in [5.41, 5.74) is 6.07. The molecule has 0 aromatic heterocycles. The Kier molecular flexibility index (Phi) is 11.2. The summed E-state index contributed by atoms with van der Waals surface area (Å²) in [5.74, 6) is 0.520. The van der Waals surface area contributed by atoms with E-state index in [1.54, 1.807) is 6.08 Å². The highest BCUT2D eigenvalue weighted by Gasteiger charge is 2.04. The van der Waals surface area contributed by atoms with E-state index in [9.17, 15) is 4.79 Å². The molecule has 19 heavy (non-hydrogen) atoms. The van der Waals surface area contributed by atoms with Gasteiger partial charge in [0, 0.05) is 12.1 Å². The summed E-state index contributed by atoms with van der Waals surface area (Å²) in [6.07, 6.45) is 6.38. The van der Waals surface area contributed by atoms with Crippen molar-refractivity contribution in [1.82, 2.24) is 10.6 Å². The lowest BCUT2D eigenvalue weighted by atomic mass is 10.1. The van der Waals surface area contributed by atoms with Crippen LogP contribution in [-0.4, -0.2) is 32.1 Å². The van der Waals surface area contributed by atoms with Gasteiger partial charge < -0.3 is 16.4 Å². The Morgan fingerprint density at radius 2 is 1.95 bits per heavy atom. The zero-order chi connectivity index (χ0) is 14.5. The summed E-state index contributed by atoms with van der Waals surface area (Å²) >= 11 is 0. The zero-order valence-corrected chi connectivity index (χ0v) is 12.4. The molecule has 0 unspecified atom stereocenters. The molecule has 0 aliphatic heterocycles. The van der Waals surface area contributed by atoms with Gasteiger partial charge in [0.2, 0.25) is 0 Å². The van der Waals surface area contributed by atoms with Crippen LogP contribution in [0.15, 0.2) is 24.3 Å². The van der Waals surface area contributed by atoms with Gasteiger partial charge in [-0.25, -0.2) is 0 Å². The Morgan fingerprint density at radius 1 is 1.26 bits per heavy atom. The minimum atomic E-state index is -0.0300. The van der Waals surface area contributed by atoms with E-state index in [4.69, 9.17) is 5.73 Å². The van der Waals surface area contributed by atoms with E-state index in [2.05, 4.69) is 31.1 Å². The maximum absolute atomic E-state index is 11.8. The summed E-state index contributed by atoms with van der Waals surface area (Å²) in [6.45, 7) is 11.2. The highest BCUT2D eigenvalue weighted by molar-refractivity contribution is 5.95. The molecule has 0 bridgehead atoms. The molecule has 110 valence electrons. The molecule has 0 radical (unpaired) electrons. The fourth-order valence-corrected chi connectivity index (χ4v) is 1.50. The van der Waals surface area contributed by atoms with Crippen LogP contribution in [0.1, 0.15) is 33.1 Å². The standard InChI is InChI=1S/C15H29N3O/c1-4-14(8-7-13(2)3)15(19)18-12-6-11-17-10-5-9-16/h4,8,13,17H,1,5-7,9-12,16H2,2-3H3,(H,18,19)/b14-8+. The number of nitrogens with two attached hydrogens (primary N) is 1. The first kappa shape index (κ1) is 17.9. The van der Waals surface area contributed by atoms with E-state index in [0.29, 0.717) is 24.6 Å². The van der Waals surface area contributed by atoms with E-state index in [1.807, 2.05) is 6.08 Å². The monoisotopic (exact) mass is 267 g/mol. The van der Waals surface area contributed by atoms with Crippen molar-refractivity contribution in [3.8, 4) is 0 Å². The molecule has 4 N–H and O–H groups in total. The number of carbonyl (C=O) groups excluding carboxylic acids is 1. The van der Waals surface area contributed by atoms with Crippen LogP contribution in [0, 0.1) is 5.92 Å². The van der Waals surface area contributed by atoms with Gasteiger partial charge in [0.25, 0.3) is 5.91 Å². The lowest BCUT2D eigenvalue weighted by molar-refractivity contribution is -0.117. The van der Waals surface area contributed by atoms with Crippen LogP contribution in [0.4, 0.5) is 0 Å². The molecule has 0 heterocycles. The second kappa shape index (κ2) is 11.9. The van der Waals surface area contributed by atoms with Crippen molar-refractivity contribution in [2.24, 2.45) is 11.7 Å². The molecule has 0 atom stereocenters. The Morgan fingerprint density at radius 3 is 2.53 bits per heavy atom. The van der Waals surface area contributed by atoms with Gasteiger partial charge in [0.1, 0.15) is 0 Å². The first-order chi connectivity index (χ1) is 9.11. The van der Waals surface area contributed by atoms with Gasteiger partial charge in [0.15, 0.2) is 0 Å². The molecular formula is C15H29N3O. The van der Waals surface area contributed by atoms with Crippen molar-refractivity contribution >= 4 is 5.91 Å². The summed E-state index contributed by atoms with van der Waals surface area (Å²) in [4.78, 5) is 11.8. The van der Waals surface area contributed by atoms with Gasteiger partial charge in [-0.15, -0.1) is 0 Å². The molecule has 4 nitrogen and oxygen atoms in total. The van der Waals surface area contributed by atoms with Crippen molar-refractivity contribution in [3.63, 3.8) is 0 Å². The molecule has 0 aromatic rings. The maximum Gasteiger partial charge on any atom is 0.250 e. The van der Waals surface area contributed by atoms with Crippen LogP contribution < -0.4 is 16.4 Å². The topological polar surface area (TPSA) is 67.2 Å². The van der Waals surface area contributed by atoms with E-state index in [1.165, 1.54) is 0 Å². The van der Waals surface area contributed by atoms with E-state index >= 15 is 0 Å². The average molecular weight is 267 g/mol. The lowest BCUT2D eigenvalue weighted by Gasteiger charge is -2.07.